The third-order valence-corrected chi connectivity index (χ3v) is 2.73. The fourth-order valence-electron chi connectivity index (χ4n) is 1.80. The zero-order valence-electron chi connectivity index (χ0n) is 9.51. The van der Waals surface area contributed by atoms with Crippen molar-refractivity contribution in [1.29, 1.82) is 0 Å². The van der Waals surface area contributed by atoms with Crippen LogP contribution in [0.4, 0.5) is 15.0 Å². The number of halogens is 1. The Hall–Kier alpha value is -1.91. The summed E-state index contributed by atoms with van der Waals surface area (Å²) in [6.45, 7) is -0.564. The van der Waals surface area contributed by atoms with Gasteiger partial charge in [-0.15, -0.1) is 0 Å². The van der Waals surface area contributed by atoms with Crippen LogP contribution in [-0.4, -0.2) is 56.0 Å². The van der Waals surface area contributed by atoms with Crippen LogP contribution in [0.2, 0.25) is 0 Å². The molecule has 0 unspecified atom stereocenters. The van der Waals surface area contributed by atoms with Gasteiger partial charge < -0.3 is 30.5 Å². The smallest absolute Gasteiger partial charge is 0.449 e. The first-order valence-corrected chi connectivity index (χ1v) is 5.27. The summed E-state index contributed by atoms with van der Waals surface area (Å²) in [5.41, 5.74) is 5.55. The molecule has 2 heterocycles. The Bertz CT molecular complexity index is 481. The number of ether oxygens (including phenoxy) is 2. The number of aromatic nitrogens is 2. The van der Waals surface area contributed by atoms with E-state index >= 15 is 0 Å². The Balaban J connectivity index is 2.23. The van der Waals surface area contributed by atoms with E-state index in [1.165, 1.54) is 0 Å². The van der Waals surface area contributed by atoms with Gasteiger partial charge in [0, 0.05) is 0 Å². The second kappa shape index (κ2) is 4.99. The molecule has 10 heteroatoms. The summed E-state index contributed by atoms with van der Waals surface area (Å²) in [6, 6.07) is 0. The Morgan fingerprint density at radius 3 is 2.89 bits per heavy atom. The minimum Gasteiger partial charge on any atom is -0.449 e. The fraction of sp³-hybridized carbons (Fsp3) is 0.556. The van der Waals surface area contributed by atoms with Crippen molar-refractivity contribution in [3.05, 3.63) is 6.33 Å². The van der Waals surface area contributed by atoms with E-state index in [9.17, 15) is 14.3 Å². The van der Waals surface area contributed by atoms with E-state index < -0.39 is 43.2 Å². The van der Waals surface area contributed by atoms with Crippen molar-refractivity contribution in [3.8, 4) is 5.88 Å². The average Bonchev–Trinajstić information content (AvgIpc) is 2.83. The number of carbonyl (C=O) groups is 1. The highest BCUT2D eigenvalue weighted by Crippen LogP contribution is 2.35. The second-order valence-electron chi connectivity index (χ2n) is 3.89. The molecular formula is C9H12FN3O6. The van der Waals surface area contributed by atoms with Gasteiger partial charge in [-0.2, -0.15) is 4.98 Å². The van der Waals surface area contributed by atoms with Crippen molar-refractivity contribution < 1.29 is 34.0 Å². The predicted octanol–water partition coefficient (Wildman–Crippen LogP) is -0.889. The van der Waals surface area contributed by atoms with Gasteiger partial charge >= 0.3 is 6.16 Å². The van der Waals surface area contributed by atoms with Crippen LogP contribution >= 0.6 is 0 Å². The zero-order chi connectivity index (χ0) is 14.2. The summed E-state index contributed by atoms with van der Waals surface area (Å²) in [5.74, 6) is -0.675. The number of aliphatic hydroxyl groups excluding tert-OH is 2. The molecule has 5 N–H and O–H groups in total. The third kappa shape index (κ3) is 2.32. The lowest BCUT2D eigenvalue weighted by atomic mass is 10.1. The number of anilines is 1. The van der Waals surface area contributed by atoms with E-state index in [1.807, 2.05) is 0 Å². The van der Waals surface area contributed by atoms with Crippen LogP contribution < -0.4 is 10.5 Å². The number of nitrogen functional groups attached to an aromatic ring is 1. The molecule has 9 nitrogen and oxygen atoms in total. The molecule has 1 saturated heterocycles. The van der Waals surface area contributed by atoms with Crippen molar-refractivity contribution in [1.82, 2.24) is 9.55 Å². The lowest BCUT2D eigenvalue weighted by molar-refractivity contribution is -0.0465. The number of carboxylic acid groups (broad SMARTS) is 1. The quantitative estimate of drug-likeness (QED) is 0.521. The fourth-order valence-corrected chi connectivity index (χ4v) is 1.80. The highest BCUT2D eigenvalue weighted by molar-refractivity contribution is 5.63. The SMILES string of the molecule is Nc1c(OC(=O)O)ncn1[C@@H]1O[C@H](CO)[C@@H](O)[C@H]1F. The van der Waals surface area contributed by atoms with Crippen molar-refractivity contribution >= 4 is 12.0 Å². The number of imidazole rings is 1. The van der Waals surface area contributed by atoms with Crippen LogP contribution in [0.25, 0.3) is 0 Å². The molecule has 0 bridgehead atoms. The monoisotopic (exact) mass is 277 g/mol. The number of rotatable bonds is 3. The third-order valence-electron chi connectivity index (χ3n) is 2.73. The van der Waals surface area contributed by atoms with Crippen LogP contribution in [0.15, 0.2) is 6.33 Å². The maximum Gasteiger partial charge on any atom is 0.512 e. The summed E-state index contributed by atoms with van der Waals surface area (Å²) in [6.07, 6.45) is -6.35. The maximum atomic E-state index is 13.8. The van der Waals surface area contributed by atoms with E-state index in [2.05, 4.69) is 9.72 Å². The standard InChI is InChI=1S/C9H12FN3O6/c10-4-5(15)3(1-14)18-8(4)13-2-12-7(6(13)11)19-9(16)17/h2-5,8,14-15H,1,11H2,(H,16,17)/t3-,4-,5-,8-/m1/s1. The van der Waals surface area contributed by atoms with Gasteiger partial charge in [0.2, 0.25) is 0 Å². The van der Waals surface area contributed by atoms with E-state index in [1.54, 1.807) is 0 Å². The average molecular weight is 277 g/mol. The van der Waals surface area contributed by atoms with Crippen molar-refractivity contribution in [2.45, 2.75) is 24.6 Å². The van der Waals surface area contributed by atoms with Gasteiger partial charge in [0.05, 0.1) is 6.61 Å². The lowest BCUT2D eigenvalue weighted by Crippen LogP contribution is -2.30. The van der Waals surface area contributed by atoms with Crippen molar-refractivity contribution in [2.24, 2.45) is 0 Å². The molecule has 1 aliphatic rings. The first-order chi connectivity index (χ1) is 8.95. The maximum absolute atomic E-state index is 13.8. The molecule has 2 rings (SSSR count). The first-order valence-electron chi connectivity index (χ1n) is 5.27. The van der Waals surface area contributed by atoms with Gasteiger partial charge in [0.1, 0.15) is 18.5 Å². The first kappa shape index (κ1) is 13.5. The van der Waals surface area contributed by atoms with E-state index in [4.69, 9.17) is 20.7 Å². The van der Waals surface area contributed by atoms with Gasteiger partial charge in [-0.25, -0.2) is 9.18 Å². The van der Waals surface area contributed by atoms with Gasteiger partial charge in [0.15, 0.2) is 18.2 Å². The zero-order valence-corrected chi connectivity index (χ0v) is 9.51. The molecule has 1 aromatic heterocycles. The Morgan fingerprint density at radius 1 is 1.68 bits per heavy atom. The molecule has 4 atom stereocenters. The molecule has 0 saturated carbocycles. The van der Waals surface area contributed by atoms with E-state index in [0.717, 1.165) is 10.9 Å². The van der Waals surface area contributed by atoms with Crippen LogP contribution in [0, 0.1) is 0 Å². The van der Waals surface area contributed by atoms with Crippen LogP contribution in [0.3, 0.4) is 0 Å². The summed E-state index contributed by atoms with van der Waals surface area (Å²) < 4.78 is 24.2. The molecule has 0 aromatic carbocycles. The molecule has 1 aromatic rings. The summed E-state index contributed by atoms with van der Waals surface area (Å²) in [7, 11) is 0. The summed E-state index contributed by atoms with van der Waals surface area (Å²) in [4.78, 5) is 13.9. The number of nitrogens with zero attached hydrogens (tertiary/aromatic N) is 2. The molecular weight excluding hydrogens is 265 g/mol. The molecule has 0 radical (unpaired) electrons. The number of hydrogen-bond acceptors (Lipinski definition) is 7. The molecule has 106 valence electrons. The molecule has 0 amide bonds. The number of hydrogen-bond donors (Lipinski definition) is 4. The largest absolute Gasteiger partial charge is 0.512 e. The van der Waals surface area contributed by atoms with Gasteiger partial charge in [0.25, 0.3) is 5.88 Å². The Kier molecular flexibility index (Phi) is 3.55. The molecule has 0 spiro atoms. The molecule has 1 fully saturated rings. The minimum atomic E-state index is -1.84. The van der Waals surface area contributed by atoms with Gasteiger partial charge in [-0.1, -0.05) is 0 Å². The summed E-state index contributed by atoms with van der Waals surface area (Å²) in [5, 5.41) is 26.8. The van der Waals surface area contributed by atoms with Crippen molar-refractivity contribution in [3.63, 3.8) is 0 Å². The number of nitrogens with two attached hydrogens (primary N) is 1. The molecule has 19 heavy (non-hydrogen) atoms. The van der Waals surface area contributed by atoms with Gasteiger partial charge in [-0.3, -0.25) is 4.57 Å². The number of aliphatic hydroxyl groups is 2. The van der Waals surface area contributed by atoms with Crippen LogP contribution in [0.1, 0.15) is 6.23 Å². The Labute approximate surface area is 106 Å². The normalized spacial score (nSPS) is 30.5. The minimum absolute atomic E-state index is 0.263. The topological polar surface area (TPSA) is 140 Å². The van der Waals surface area contributed by atoms with Crippen molar-refractivity contribution in [2.75, 3.05) is 12.3 Å². The molecule has 0 aliphatic carbocycles. The van der Waals surface area contributed by atoms with E-state index in [-0.39, 0.29) is 5.82 Å². The van der Waals surface area contributed by atoms with E-state index in [0.29, 0.717) is 0 Å². The molecule has 1 aliphatic heterocycles. The highest BCUT2D eigenvalue weighted by Gasteiger charge is 2.45. The Morgan fingerprint density at radius 2 is 2.37 bits per heavy atom. The predicted molar refractivity (Wildman–Crippen MR) is 57.2 cm³/mol. The second-order valence-corrected chi connectivity index (χ2v) is 3.89. The van der Waals surface area contributed by atoms with Crippen LogP contribution in [0.5, 0.6) is 5.88 Å². The highest BCUT2D eigenvalue weighted by atomic mass is 19.1. The van der Waals surface area contributed by atoms with Crippen LogP contribution in [-0.2, 0) is 4.74 Å². The number of alkyl halides is 1. The van der Waals surface area contributed by atoms with Gasteiger partial charge in [-0.05, 0) is 0 Å². The lowest BCUT2D eigenvalue weighted by Gasteiger charge is -2.15. The summed E-state index contributed by atoms with van der Waals surface area (Å²) >= 11 is 0.